The van der Waals surface area contributed by atoms with Crippen molar-refractivity contribution >= 4 is 33.0 Å². The highest BCUT2D eigenvalue weighted by molar-refractivity contribution is 7.91. The van der Waals surface area contributed by atoms with Crippen LogP contribution >= 0.6 is 22.9 Å². The van der Waals surface area contributed by atoms with Gasteiger partial charge in [0.1, 0.15) is 4.21 Å². The molecule has 3 nitrogen and oxygen atoms in total. The van der Waals surface area contributed by atoms with Gasteiger partial charge in [-0.15, -0.1) is 22.9 Å². The smallest absolute Gasteiger partial charge is 0.210 e. The van der Waals surface area contributed by atoms with E-state index in [0.29, 0.717) is 16.6 Å². The Kier molecular flexibility index (Phi) is 7.22. The van der Waals surface area contributed by atoms with Crippen LogP contribution in [0.4, 0.5) is 0 Å². The highest BCUT2D eigenvalue weighted by Crippen LogP contribution is 2.21. The Morgan fingerprint density at radius 3 is 2.56 bits per heavy atom. The summed E-state index contributed by atoms with van der Waals surface area (Å²) in [5.74, 6) is 0.681. The molecular formula is C12H20ClNO2S2. The van der Waals surface area contributed by atoms with Crippen molar-refractivity contribution in [1.82, 2.24) is 4.72 Å². The van der Waals surface area contributed by atoms with Gasteiger partial charge in [0.05, 0.1) is 0 Å². The number of halogens is 1. The monoisotopic (exact) mass is 309 g/mol. The van der Waals surface area contributed by atoms with Gasteiger partial charge in [0.2, 0.25) is 10.0 Å². The van der Waals surface area contributed by atoms with E-state index in [1.54, 1.807) is 6.07 Å². The molecular weight excluding hydrogens is 290 g/mol. The number of sulfonamides is 1. The predicted molar refractivity (Wildman–Crippen MR) is 78.1 cm³/mol. The number of unbranched alkanes of at least 4 members (excludes halogenated alkanes) is 3. The first kappa shape index (κ1) is 16.0. The van der Waals surface area contributed by atoms with Crippen LogP contribution in [0.2, 0.25) is 0 Å². The zero-order valence-electron chi connectivity index (χ0n) is 10.6. The van der Waals surface area contributed by atoms with Gasteiger partial charge in [-0.05, 0) is 31.4 Å². The lowest BCUT2D eigenvalue weighted by molar-refractivity contribution is 0.576. The summed E-state index contributed by atoms with van der Waals surface area (Å²) in [5.41, 5.74) is 0. The first-order chi connectivity index (χ1) is 8.60. The summed E-state index contributed by atoms with van der Waals surface area (Å²) in [6.45, 7) is 2.52. The minimum Gasteiger partial charge on any atom is -0.210 e. The van der Waals surface area contributed by atoms with Crippen LogP contribution in [-0.2, 0) is 16.4 Å². The first-order valence-corrected chi connectivity index (χ1v) is 9.08. The molecule has 0 amide bonds. The molecule has 1 heterocycles. The topological polar surface area (TPSA) is 46.2 Å². The third-order valence-electron chi connectivity index (χ3n) is 2.60. The van der Waals surface area contributed by atoms with Crippen molar-refractivity contribution in [2.45, 2.75) is 43.2 Å². The molecule has 0 aliphatic heterocycles. The molecule has 0 fully saturated rings. The lowest BCUT2D eigenvalue weighted by atomic mass is 10.2. The minimum atomic E-state index is -3.30. The maximum Gasteiger partial charge on any atom is 0.250 e. The van der Waals surface area contributed by atoms with Gasteiger partial charge >= 0.3 is 0 Å². The van der Waals surface area contributed by atoms with E-state index in [4.69, 9.17) is 11.6 Å². The minimum absolute atomic E-state index is 0.417. The summed E-state index contributed by atoms with van der Waals surface area (Å²) >= 11 is 6.92. The van der Waals surface area contributed by atoms with Crippen LogP contribution in [0.5, 0.6) is 0 Å². The highest BCUT2D eigenvalue weighted by Gasteiger charge is 2.15. The van der Waals surface area contributed by atoms with E-state index >= 15 is 0 Å². The summed E-state index contributed by atoms with van der Waals surface area (Å²) < 4.78 is 26.9. The summed E-state index contributed by atoms with van der Waals surface area (Å²) in [4.78, 5) is 1.09. The van der Waals surface area contributed by atoms with Crippen molar-refractivity contribution in [1.29, 1.82) is 0 Å². The third kappa shape index (κ3) is 5.26. The van der Waals surface area contributed by atoms with Gasteiger partial charge < -0.3 is 0 Å². The Bertz CT molecular complexity index is 443. The van der Waals surface area contributed by atoms with Crippen LogP contribution in [0.25, 0.3) is 0 Å². The van der Waals surface area contributed by atoms with E-state index in [2.05, 4.69) is 4.72 Å². The number of aryl methyl sites for hydroxylation is 1. The summed E-state index contributed by atoms with van der Waals surface area (Å²) in [7, 11) is -3.30. The molecule has 1 N–H and O–H groups in total. The van der Waals surface area contributed by atoms with E-state index < -0.39 is 10.0 Å². The molecule has 0 saturated heterocycles. The SMILES string of the molecule is CCc1ccc(S(=O)(=O)NCCCCCCCl)s1. The maximum atomic E-state index is 11.9. The number of thiophene rings is 1. The van der Waals surface area contributed by atoms with Crippen molar-refractivity contribution in [2.24, 2.45) is 0 Å². The normalized spacial score (nSPS) is 11.9. The molecule has 1 rings (SSSR count). The van der Waals surface area contributed by atoms with E-state index in [1.807, 2.05) is 13.0 Å². The van der Waals surface area contributed by atoms with Crippen LogP contribution in [-0.4, -0.2) is 20.8 Å². The highest BCUT2D eigenvalue weighted by atomic mass is 35.5. The molecule has 0 aliphatic carbocycles. The van der Waals surface area contributed by atoms with Crippen LogP contribution in [0, 0.1) is 0 Å². The summed E-state index contributed by atoms with van der Waals surface area (Å²) in [5, 5.41) is 0. The maximum absolute atomic E-state index is 11.9. The van der Waals surface area contributed by atoms with E-state index in [-0.39, 0.29) is 0 Å². The predicted octanol–water partition coefficient (Wildman–Crippen LogP) is 3.39. The zero-order chi connectivity index (χ0) is 13.4. The summed E-state index contributed by atoms with van der Waals surface area (Å²) in [6, 6.07) is 3.55. The summed E-state index contributed by atoms with van der Waals surface area (Å²) in [6.07, 6.45) is 4.81. The molecule has 104 valence electrons. The standard InChI is InChI=1S/C12H20ClNO2S2/c1-2-11-7-8-12(17-11)18(15,16)14-10-6-4-3-5-9-13/h7-8,14H,2-6,9-10H2,1H3. The van der Waals surface area contributed by atoms with Gasteiger partial charge in [0.25, 0.3) is 0 Å². The van der Waals surface area contributed by atoms with E-state index in [1.165, 1.54) is 11.3 Å². The van der Waals surface area contributed by atoms with E-state index in [9.17, 15) is 8.42 Å². The van der Waals surface area contributed by atoms with Gasteiger partial charge in [-0.2, -0.15) is 0 Å². The van der Waals surface area contributed by atoms with Gasteiger partial charge in [-0.3, -0.25) is 0 Å². The largest absolute Gasteiger partial charge is 0.250 e. The average Bonchev–Trinajstić information content (AvgIpc) is 2.83. The zero-order valence-corrected chi connectivity index (χ0v) is 13.0. The molecule has 0 aromatic carbocycles. The fourth-order valence-corrected chi connectivity index (χ4v) is 4.15. The Hall–Kier alpha value is -0.100. The first-order valence-electron chi connectivity index (χ1n) is 6.24. The van der Waals surface area contributed by atoms with Gasteiger partial charge in [0, 0.05) is 17.3 Å². The van der Waals surface area contributed by atoms with Crippen molar-refractivity contribution < 1.29 is 8.42 Å². The van der Waals surface area contributed by atoms with E-state index in [0.717, 1.165) is 37.0 Å². The fraction of sp³-hybridized carbons (Fsp3) is 0.667. The number of hydrogen-bond acceptors (Lipinski definition) is 3. The Morgan fingerprint density at radius 1 is 1.22 bits per heavy atom. The second kappa shape index (κ2) is 8.15. The molecule has 1 aromatic rings. The molecule has 0 saturated carbocycles. The fourth-order valence-electron chi connectivity index (χ4n) is 1.54. The van der Waals surface area contributed by atoms with Crippen molar-refractivity contribution in [3.05, 3.63) is 17.0 Å². The van der Waals surface area contributed by atoms with Crippen LogP contribution in [0.3, 0.4) is 0 Å². The quantitative estimate of drug-likeness (QED) is 0.561. The molecule has 0 aliphatic rings. The molecule has 0 atom stereocenters. The van der Waals surface area contributed by atoms with Crippen LogP contribution in [0.15, 0.2) is 16.3 Å². The molecule has 0 spiro atoms. The van der Waals surface area contributed by atoms with Crippen molar-refractivity contribution in [2.75, 3.05) is 12.4 Å². The Labute approximate surface area is 119 Å². The van der Waals surface area contributed by atoms with Gasteiger partial charge in [0.15, 0.2) is 0 Å². The Morgan fingerprint density at radius 2 is 1.94 bits per heavy atom. The molecule has 6 heteroatoms. The number of alkyl halides is 1. The molecule has 18 heavy (non-hydrogen) atoms. The third-order valence-corrected chi connectivity index (χ3v) is 6.05. The Balaban J connectivity index is 2.36. The van der Waals surface area contributed by atoms with Gasteiger partial charge in [-0.25, -0.2) is 13.1 Å². The molecule has 0 radical (unpaired) electrons. The molecule has 1 aromatic heterocycles. The molecule has 0 bridgehead atoms. The van der Waals surface area contributed by atoms with Crippen LogP contribution < -0.4 is 4.72 Å². The second-order valence-electron chi connectivity index (χ2n) is 4.08. The van der Waals surface area contributed by atoms with Crippen molar-refractivity contribution in [3.63, 3.8) is 0 Å². The second-order valence-corrected chi connectivity index (χ2v) is 7.62. The lowest BCUT2D eigenvalue weighted by Crippen LogP contribution is -2.23. The van der Waals surface area contributed by atoms with Crippen molar-refractivity contribution in [3.8, 4) is 0 Å². The molecule has 0 unspecified atom stereocenters. The lowest BCUT2D eigenvalue weighted by Gasteiger charge is -2.04. The van der Waals surface area contributed by atoms with Crippen LogP contribution in [0.1, 0.15) is 37.5 Å². The number of nitrogens with one attached hydrogen (secondary N) is 1. The number of rotatable bonds is 9. The number of hydrogen-bond donors (Lipinski definition) is 1. The average molecular weight is 310 g/mol. The van der Waals surface area contributed by atoms with Gasteiger partial charge in [-0.1, -0.05) is 19.8 Å².